The highest BCUT2D eigenvalue weighted by molar-refractivity contribution is 5.77. The zero-order valence-electron chi connectivity index (χ0n) is 13.4. The molecule has 0 aliphatic carbocycles. The van der Waals surface area contributed by atoms with Gasteiger partial charge in [-0.25, -0.2) is 0 Å². The third-order valence-corrected chi connectivity index (χ3v) is 4.67. The molecule has 0 spiro atoms. The fourth-order valence-corrected chi connectivity index (χ4v) is 3.53. The maximum Gasteiger partial charge on any atom is 0.118 e. The van der Waals surface area contributed by atoms with Crippen LogP contribution in [0.15, 0.2) is 72.8 Å². The lowest BCUT2D eigenvalue weighted by atomic mass is 9.80. The Morgan fingerprint density at radius 1 is 0.739 bits per heavy atom. The molecule has 0 bridgehead atoms. The summed E-state index contributed by atoms with van der Waals surface area (Å²) in [5, 5.41) is 0. The average molecular weight is 301 g/mol. The van der Waals surface area contributed by atoms with E-state index in [0.29, 0.717) is 0 Å². The average Bonchev–Trinajstić information content (AvgIpc) is 2.63. The van der Waals surface area contributed by atoms with E-state index in [4.69, 9.17) is 4.74 Å². The zero-order valence-corrected chi connectivity index (χ0v) is 13.4. The van der Waals surface area contributed by atoms with E-state index in [9.17, 15) is 0 Å². The summed E-state index contributed by atoms with van der Waals surface area (Å²) in [6.07, 6.45) is 0. The Kier molecular flexibility index (Phi) is 3.30. The molecule has 0 radical (unpaired) electrons. The quantitative estimate of drug-likeness (QED) is 0.663. The molecule has 0 atom stereocenters. The van der Waals surface area contributed by atoms with Gasteiger partial charge in [0.2, 0.25) is 0 Å². The monoisotopic (exact) mass is 301 g/mol. The molecule has 1 aliphatic heterocycles. The van der Waals surface area contributed by atoms with Gasteiger partial charge in [-0.2, -0.15) is 0 Å². The first-order chi connectivity index (χ1) is 11.3. The summed E-state index contributed by atoms with van der Waals surface area (Å²) < 4.78 is 5.30. The molecular formula is C21H19NO. The zero-order chi connectivity index (χ0) is 15.8. The number of benzene rings is 3. The van der Waals surface area contributed by atoms with Crippen molar-refractivity contribution in [1.29, 1.82) is 0 Å². The molecule has 23 heavy (non-hydrogen) atoms. The normalized spacial score (nSPS) is 13.4. The van der Waals surface area contributed by atoms with E-state index >= 15 is 0 Å². The van der Waals surface area contributed by atoms with Gasteiger partial charge in [0.05, 0.1) is 7.11 Å². The van der Waals surface area contributed by atoms with E-state index in [1.807, 2.05) is 12.1 Å². The highest BCUT2D eigenvalue weighted by atomic mass is 16.5. The molecule has 0 fully saturated rings. The number of hydrogen-bond donors (Lipinski definition) is 0. The summed E-state index contributed by atoms with van der Waals surface area (Å²) in [4.78, 5) is 2.28. The second-order valence-electron chi connectivity index (χ2n) is 5.88. The number of nitrogens with zero attached hydrogens (tertiary/aromatic N) is 1. The van der Waals surface area contributed by atoms with Gasteiger partial charge in [0.25, 0.3) is 0 Å². The van der Waals surface area contributed by atoms with Crippen LogP contribution in [0.5, 0.6) is 5.75 Å². The van der Waals surface area contributed by atoms with Gasteiger partial charge in [-0.15, -0.1) is 0 Å². The predicted molar refractivity (Wildman–Crippen MR) is 94.9 cm³/mol. The fraction of sp³-hybridized carbons (Fsp3) is 0.143. The molecule has 114 valence electrons. The molecule has 1 heterocycles. The molecule has 0 aromatic heterocycles. The topological polar surface area (TPSA) is 12.5 Å². The van der Waals surface area contributed by atoms with E-state index in [1.165, 1.54) is 28.1 Å². The molecule has 4 rings (SSSR count). The van der Waals surface area contributed by atoms with Gasteiger partial charge in [-0.1, -0.05) is 48.5 Å². The van der Waals surface area contributed by atoms with Gasteiger partial charge in [0.1, 0.15) is 5.75 Å². The van der Waals surface area contributed by atoms with Crippen LogP contribution in [-0.4, -0.2) is 14.2 Å². The molecular weight excluding hydrogens is 282 g/mol. The molecule has 0 saturated heterocycles. The number of para-hydroxylation sites is 2. The minimum atomic E-state index is 0.254. The van der Waals surface area contributed by atoms with Crippen LogP contribution in [0.1, 0.15) is 22.6 Å². The van der Waals surface area contributed by atoms with Crippen molar-refractivity contribution >= 4 is 11.4 Å². The van der Waals surface area contributed by atoms with Crippen molar-refractivity contribution in [1.82, 2.24) is 0 Å². The highest BCUT2D eigenvalue weighted by Crippen LogP contribution is 2.47. The van der Waals surface area contributed by atoms with Gasteiger partial charge in [0, 0.05) is 24.3 Å². The Labute approximate surface area is 137 Å². The minimum Gasteiger partial charge on any atom is -0.497 e. The maximum absolute atomic E-state index is 5.30. The van der Waals surface area contributed by atoms with Crippen molar-refractivity contribution < 1.29 is 4.74 Å². The van der Waals surface area contributed by atoms with Gasteiger partial charge in [0.15, 0.2) is 0 Å². The van der Waals surface area contributed by atoms with E-state index < -0.39 is 0 Å². The molecule has 0 saturated carbocycles. The molecule has 1 aliphatic rings. The Morgan fingerprint density at radius 3 is 1.78 bits per heavy atom. The second kappa shape index (κ2) is 5.47. The first-order valence-corrected chi connectivity index (χ1v) is 7.85. The van der Waals surface area contributed by atoms with E-state index in [2.05, 4.69) is 72.6 Å². The lowest BCUT2D eigenvalue weighted by Crippen LogP contribution is -2.22. The van der Waals surface area contributed by atoms with Crippen LogP contribution in [0.4, 0.5) is 11.4 Å². The summed E-state index contributed by atoms with van der Waals surface area (Å²) >= 11 is 0. The Balaban J connectivity index is 1.93. The third kappa shape index (κ3) is 2.18. The number of ether oxygens (including phenoxy) is 1. The van der Waals surface area contributed by atoms with E-state index in [1.54, 1.807) is 7.11 Å². The molecule has 0 unspecified atom stereocenters. The number of rotatable bonds is 2. The molecule has 0 amide bonds. The Morgan fingerprint density at radius 2 is 1.26 bits per heavy atom. The fourth-order valence-electron chi connectivity index (χ4n) is 3.53. The van der Waals surface area contributed by atoms with Crippen LogP contribution in [0.2, 0.25) is 0 Å². The smallest absolute Gasteiger partial charge is 0.118 e. The number of fused-ring (bicyclic) bond motifs is 2. The van der Waals surface area contributed by atoms with Crippen LogP contribution in [0, 0.1) is 0 Å². The van der Waals surface area contributed by atoms with Crippen molar-refractivity contribution in [3.63, 3.8) is 0 Å². The van der Waals surface area contributed by atoms with Crippen LogP contribution in [0.25, 0.3) is 0 Å². The maximum atomic E-state index is 5.30. The van der Waals surface area contributed by atoms with Crippen molar-refractivity contribution in [3.05, 3.63) is 89.5 Å². The minimum absolute atomic E-state index is 0.254. The van der Waals surface area contributed by atoms with Crippen LogP contribution in [0.3, 0.4) is 0 Å². The van der Waals surface area contributed by atoms with Gasteiger partial charge >= 0.3 is 0 Å². The van der Waals surface area contributed by atoms with Gasteiger partial charge in [-0.3, -0.25) is 0 Å². The van der Waals surface area contributed by atoms with Gasteiger partial charge < -0.3 is 9.64 Å². The third-order valence-electron chi connectivity index (χ3n) is 4.67. The van der Waals surface area contributed by atoms with Crippen molar-refractivity contribution in [2.75, 3.05) is 19.1 Å². The highest BCUT2D eigenvalue weighted by Gasteiger charge is 2.29. The number of anilines is 2. The van der Waals surface area contributed by atoms with Crippen LogP contribution < -0.4 is 9.64 Å². The molecule has 3 aromatic rings. The largest absolute Gasteiger partial charge is 0.497 e. The van der Waals surface area contributed by atoms with E-state index in [0.717, 1.165) is 5.75 Å². The van der Waals surface area contributed by atoms with Crippen molar-refractivity contribution in [2.45, 2.75) is 5.92 Å². The van der Waals surface area contributed by atoms with Crippen LogP contribution >= 0.6 is 0 Å². The van der Waals surface area contributed by atoms with Gasteiger partial charge in [-0.05, 0) is 41.0 Å². The lowest BCUT2D eigenvalue weighted by Gasteiger charge is -2.35. The molecule has 0 N–H and O–H groups in total. The summed E-state index contributed by atoms with van der Waals surface area (Å²) in [5.74, 6) is 1.15. The predicted octanol–water partition coefficient (Wildman–Crippen LogP) is 4.96. The molecule has 2 nitrogen and oxygen atoms in total. The first-order valence-electron chi connectivity index (χ1n) is 7.85. The number of methoxy groups -OCH3 is 1. The second-order valence-corrected chi connectivity index (χ2v) is 5.88. The summed E-state index contributed by atoms with van der Waals surface area (Å²) in [6, 6.07) is 25.7. The number of hydrogen-bond acceptors (Lipinski definition) is 2. The first kappa shape index (κ1) is 13.9. The Bertz CT molecular complexity index is 791. The molecule has 2 heteroatoms. The van der Waals surface area contributed by atoms with Crippen molar-refractivity contribution in [3.8, 4) is 5.75 Å². The standard InChI is InChI=1S/C21H19NO/c1-22-19-9-5-3-7-17(19)21(18-8-4-6-10-20(18)22)15-11-13-16(23-2)14-12-15/h3-14,21H,1-2H3. The summed E-state index contributed by atoms with van der Waals surface area (Å²) in [6.45, 7) is 0. The van der Waals surface area contributed by atoms with Crippen molar-refractivity contribution in [2.24, 2.45) is 0 Å². The van der Waals surface area contributed by atoms with Crippen LogP contribution in [-0.2, 0) is 0 Å². The Hall–Kier alpha value is -2.74. The SMILES string of the molecule is COc1ccc(C2c3ccccc3N(C)c3ccccc32)cc1. The summed E-state index contributed by atoms with van der Waals surface area (Å²) in [5.41, 5.74) is 6.52. The summed E-state index contributed by atoms with van der Waals surface area (Å²) in [7, 11) is 3.84. The lowest BCUT2D eigenvalue weighted by molar-refractivity contribution is 0.414. The van der Waals surface area contributed by atoms with E-state index in [-0.39, 0.29) is 5.92 Å². The molecule has 3 aromatic carbocycles.